The van der Waals surface area contributed by atoms with Gasteiger partial charge in [0.05, 0.1) is 12.7 Å². The minimum absolute atomic E-state index is 0.165. The van der Waals surface area contributed by atoms with Crippen LogP contribution in [0.1, 0.15) is 16.5 Å². The molecule has 7 heteroatoms. The summed E-state index contributed by atoms with van der Waals surface area (Å²) >= 11 is 1.60. The zero-order valence-corrected chi connectivity index (χ0v) is 11.9. The van der Waals surface area contributed by atoms with Crippen LogP contribution in [0.2, 0.25) is 0 Å². The SMILES string of the molecule is C=C1Nc2ncnn2C(c2sccc2C)C1=C(O)OC. The summed E-state index contributed by atoms with van der Waals surface area (Å²) in [5.74, 6) is 0.432. The number of nitrogens with zero attached hydrogens (tertiary/aromatic N) is 3. The first-order valence-electron chi connectivity index (χ1n) is 6.00. The van der Waals surface area contributed by atoms with Gasteiger partial charge >= 0.3 is 0 Å². The number of aryl methyl sites for hydroxylation is 1. The summed E-state index contributed by atoms with van der Waals surface area (Å²) in [7, 11) is 1.42. The Labute approximate surface area is 120 Å². The summed E-state index contributed by atoms with van der Waals surface area (Å²) in [6.07, 6.45) is 1.47. The molecule has 1 atom stereocenters. The fourth-order valence-electron chi connectivity index (χ4n) is 2.28. The summed E-state index contributed by atoms with van der Waals surface area (Å²) in [6, 6.07) is 1.74. The molecular formula is C13H14N4O2S. The number of aliphatic hydroxyl groups excluding tert-OH is 1. The molecule has 2 aromatic heterocycles. The Morgan fingerprint density at radius 1 is 1.60 bits per heavy atom. The van der Waals surface area contributed by atoms with Crippen molar-refractivity contribution in [2.45, 2.75) is 13.0 Å². The van der Waals surface area contributed by atoms with Gasteiger partial charge in [-0.1, -0.05) is 6.58 Å². The van der Waals surface area contributed by atoms with E-state index in [1.54, 1.807) is 16.0 Å². The molecule has 0 spiro atoms. The molecular weight excluding hydrogens is 276 g/mol. The predicted molar refractivity (Wildman–Crippen MR) is 76.6 cm³/mol. The lowest BCUT2D eigenvalue weighted by Crippen LogP contribution is -2.27. The number of aromatic nitrogens is 3. The maximum atomic E-state index is 10.1. The van der Waals surface area contributed by atoms with Gasteiger partial charge in [0.15, 0.2) is 0 Å². The summed E-state index contributed by atoms with van der Waals surface area (Å²) < 4.78 is 6.72. The second kappa shape index (κ2) is 4.68. The number of hydrogen-bond acceptors (Lipinski definition) is 6. The van der Waals surface area contributed by atoms with Gasteiger partial charge in [0.2, 0.25) is 5.95 Å². The van der Waals surface area contributed by atoms with Crippen molar-refractivity contribution in [1.82, 2.24) is 14.8 Å². The van der Waals surface area contributed by atoms with Gasteiger partial charge in [-0.25, -0.2) is 4.68 Å². The monoisotopic (exact) mass is 290 g/mol. The molecule has 0 amide bonds. The molecule has 0 aromatic carbocycles. The van der Waals surface area contributed by atoms with Crippen molar-refractivity contribution in [2.24, 2.45) is 0 Å². The van der Waals surface area contributed by atoms with Crippen LogP contribution >= 0.6 is 11.3 Å². The largest absolute Gasteiger partial charge is 0.481 e. The first kappa shape index (κ1) is 12.7. The fourth-order valence-corrected chi connectivity index (χ4v) is 3.30. The maximum absolute atomic E-state index is 10.1. The van der Waals surface area contributed by atoms with Gasteiger partial charge in [-0.2, -0.15) is 10.1 Å². The zero-order chi connectivity index (χ0) is 14.3. The normalized spacial score (nSPS) is 20.3. The van der Waals surface area contributed by atoms with Crippen molar-refractivity contribution in [3.63, 3.8) is 0 Å². The highest BCUT2D eigenvalue weighted by molar-refractivity contribution is 7.10. The van der Waals surface area contributed by atoms with Crippen LogP contribution in [0.3, 0.4) is 0 Å². The number of thiophene rings is 1. The molecule has 0 aliphatic carbocycles. The maximum Gasteiger partial charge on any atom is 0.284 e. The lowest BCUT2D eigenvalue weighted by molar-refractivity contribution is 0.128. The predicted octanol–water partition coefficient (Wildman–Crippen LogP) is 2.59. The van der Waals surface area contributed by atoms with Gasteiger partial charge in [0, 0.05) is 10.6 Å². The lowest BCUT2D eigenvalue weighted by atomic mass is 10.00. The highest BCUT2D eigenvalue weighted by Gasteiger charge is 2.34. The summed E-state index contributed by atoms with van der Waals surface area (Å²) in [6.45, 7) is 5.97. The quantitative estimate of drug-likeness (QED) is 0.832. The van der Waals surface area contributed by atoms with Crippen LogP contribution in [0, 0.1) is 6.92 Å². The van der Waals surface area contributed by atoms with Gasteiger partial charge in [-0.15, -0.1) is 11.3 Å². The minimum atomic E-state index is -0.291. The molecule has 0 saturated carbocycles. The number of hydrogen-bond donors (Lipinski definition) is 2. The van der Waals surface area contributed by atoms with Crippen LogP contribution < -0.4 is 5.32 Å². The van der Waals surface area contributed by atoms with Crippen LogP contribution in [0.15, 0.2) is 41.6 Å². The molecule has 0 fully saturated rings. The van der Waals surface area contributed by atoms with E-state index in [9.17, 15) is 5.11 Å². The number of allylic oxidation sites excluding steroid dienone is 1. The average Bonchev–Trinajstić information content (AvgIpc) is 3.05. The van der Waals surface area contributed by atoms with Crippen molar-refractivity contribution >= 4 is 17.3 Å². The molecule has 104 valence electrons. The van der Waals surface area contributed by atoms with E-state index in [0.717, 1.165) is 10.4 Å². The Bertz CT molecular complexity index is 701. The van der Waals surface area contributed by atoms with E-state index in [2.05, 4.69) is 22.0 Å². The Morgan fingerprint density at radius 3 is 3.05 bits per heavy atom. The van der Waals surface area contributed by atoms with E-state index in [4.69, 9.17) is 4.74 Å². The third-order valence-electron chi connectivity index (χ3n) is 3.25. The van der Waals surface area contributed by atoms with Crippen molar-refractivity contribution in [1.29, 1.82) is 0 Å². The number of anilines is 1. The molecule has 1 unspecified atom stereocenters. The number of rotatable bonds is 2. The molecule has 0 radical (unpaired) electrons. The summed E-state index contributed by atoms with van der Waals surface area (Å²) in [5.41, 5.74) is 2.25. The molecule has 1 aliphatic heterocycles. The lowest BCUT2D eigenvalue weighted by Gasteiger charge is -2.28. The summed E-state index contributed by atoms with van der Waals surface area (Å²) in [5, 5.41) is 19.3. The van der Waals surface area contributed by atoms with E-state index in [1.165, 1.54) is 13.4 Å². The average molecular weight is 290 g/mol. The topological polar surface area (TPSA) is 72.2 Å². The number of methoxy groups -OCH3 is 1. The molecule has 3 heterocycles. The number of nitrogens with one attached hydrogen (secondary N) is 1. The molecule has 0 bridgehead atoms. The molecule has 1 aliphatic rings. The van der Waals surface area contributed by atoms with Gasteiger partial charge in [-0.05, 0) is 23.9 Å². The van der Waals surface area contributed by atoms with Gasteiger partial charge in [-0.3, -0.25) is 0 Å². The molecule has 0 saturated heterocycles. The van der Waals surface area contributed by atoms with Crippen molar-refractivity contribution in [3.8, 4) is 0 Å². The fraction of sp³-hybridized carbons (Fsp3) is 0.231. The van der Waals surface area contributed by atoms with Gasteiger partial charge in [0.25, 0.3) is 5.95 Å². The van der Waals surface area contributed by atoms with Crippen LogP contribution in [0.25, 0.3) is 0 Å². The van der Waals surface area contributed by atoms with E-state index >= 15 is 0 Å². The second-order valence-electron chi connectivity index (χ2n) is 4.43. The first-order valence-corrected chi connectivity index (χ1v) is 6.88. The third-order valence-corrected chi connectivity index (χ3v) is 4.32. The van der Waals surface area contributed by atoms with E-state index in [1.807, 2.05) is 18.4 Å². The minimum Gasteiger partial charge on any atom is -0.481 e. The third kappa shape index (κ3) is 1.78. The highest BCUT2D eigenvalue weighted by atomic mass is 32.1. The van der Waals surface area contributed by atoms with Crippen molar-refractivity contribution < 1.29 is 9.84 Å². The Hall–Kier alpha value is -2.28. The Morgan fingerprint density at radius 2 is 2.40 bits per heavy atom. The zero-order valence-electron chi connectivity index (χ0n) is 11.1. The number of fused-ring (bicyclic) bond motifs is 1. The smallest absolute Gasteiger partial charge is 0.284 e. The molecule has 20 heavy (non-hydrogen) atoms. The van der Waals surface area contributed by atoms with E-state index in [0.29, 0.717) is 17.2 Å². The molecule has 3 rings (SSSR count). The van der Waals surface area contributed by atoms with E-state index < -0.39 is 0 Å². The van der Waals surface area contributed by atoms with Gasteiger partial charge in [0.1, 0.15) is 12.4 Å². The van der Waals surface area contributed by atoms with Crippen LogP contribution in [0.5, 0.6) is 0 Å². The van der Waals surface area contributed by atoms with Crippen molar-refractivity contribution in [2.75, 3.05) is 12.4 Å². The number of aliphatic hydroxyl groups is 1. The Kier molecular flexibility index (Phi) is 2.98. The van der Waals surface area contributed by atoms with Crippen LogP contribution in [-0.2, 0) is 4.74 Å². The first-order chi connectivity index (χ1) is 9.63. The van der Waals surface area contributed by atoms with E-state index in [-0.39, 0.29) is 12.0 Å². The molecule has 2 N–H and O–H groups in total. The van der Waals surface area contributed by atoms with Crippen molar-refractivity contribution in [3.05, 3.63) is 52.0 Å². The standard InChI is InChI=1S/C13H14N4O2S/c1-7-4-5-20-11(7)10-9(12(18)19-3)8(2)16-13-14-6-15-17(10)13/h4-6,10,18H,2H2,1,3H3,(H,14,15,16). The summed E-state index contributed by atoms with van der Waals surface area (Å²) in [4.78, 5) is 5.22. The highest BCUT2D eigenvalue weighted by Crippen LogP contribution is 2.41. The Balaban J connectivity index is 2.25. The van der Waals surface area contributed by atoms with Crippen LogP contribution in [0.4, 0.5) is 5.95 Å². The molecule has 2 aromatic rings. The second-order valence-corrected chi connectivity index (χ2v) is 5.37. The molecule has 6 nitrogen and oxygen atoms in total. The van der Waals surface area contributed by atoms with Crippen LogP contribution in [-0.4, -0.2) is 27.0 Å². The van der Waals surface area contributed by atoms with Gasteiger partial charge < -0.3 is 15.2 Å². The number of ether oxygens (including phenoxy) is 1.